The molecule has 156 valence electrons. The summed E-state index contributed by atoms with van der Waals surface area (Å²) in [4.78, 5) is 8.11. The van der Waals surface area contributed by atoms with Crippen molar-refractivity contribution >= 4 is 34.6 Å². The van der Waals surface area contributed by atoms with E-state index in [4.69, 9.17) is 26.8 Å². The van der Waals surface area contributed by atoms with Gasteiger partial charge < -0.3 is 25.8 Å². The third kappa shape index (κ3) is 4.13. The Hall–Kier alpha value is -3.40. The zero-order chi connectivity index (χ0) is 21.3. The lowest BCUT2D eigenvalue weighted by molar-refractivity contribution is -0.137. The molecule has 1 aromatic heterocycles. The van der Waals surface area contributed by atoms with Crippen LogP contribution in [0.3, 0.4) is 0 Å². The number of fused-ring (bicyclic) bond motifs is 1. The van der Waals surface area contributed by atoms with Crippen LogP contribution < -0.4 is 25.8 Å². The molecule has 7 nitrogen and oxygen atoms in total. The first-order valence-electron chi connectivity index (χ1n) is 8.68. The average Bonchev–Trinajstić information content (AvgIpc) is 3.17. The molecule has 0 bridgehead atoms. The number of nitrogens with one attached hydrogen (secondary N) is 2. The average molecular weight is 438 g/mol. The minimum Gasteiger partial charge on any atom is -0.454 e. The Morgan fingerprint density at radius 2 is 1.80 bits per heavy atom. The second kappa shape index (κ2) is 7.79. The molecule has 0 saturated carbocycles. The number of anilines is 4. The monoisotopic (exact) mass is 437 g/mol. The maximum absolute atomic E-state index is 13.1. The fraction of sp³-hybridized carbons (Fsp3) is 0.158. The highest BCUT2D eigenvalue weighted by Gasteiger charge is 2.33. The molecule has 0 aliphatic carbocycles. The normalized spacial score (nSPS) is 12.7. The highest BCUT2D eigenvalue weighted by Crippen LogP contribution is 2.37. The van der Waals surface area contributed by atoms with Gasteiger partial charge in [-0.2, -0.15) is 13.2 Å². The topological polar surface area (TPSA) is 94.3 Å². The van der Waals surface area contributed by atoms with Gasteiger partial charge in [0.15, 0.2) is 23.1 Å². The second-order valence-electron chi connectivity index (χ2n) is 6.34. The molecule has 0 spiro atoms. The fourth-order valence-electron chi connectivity index (χ4n) is 2.83. The molecule has 0 atom stereocenters. The van der Waals surface area contributed by atoms with Gasteiger partial charge in [-0.25, -0.2) is 9.97 Å². The number of nitrogen functional groups attached to an aromatic ring is 1. The number of nitrogens with zero attached hydrogens (tertiary/aromatic N) is 2. The summed E-state index contributed by atoms with van der Waals surface area (Å²) >= 11 is 5.65. The minimum atomic E-state index is -4.58. The van der Waals surface area contributed by atoms with Gasteiger partial charge in [0, 0.05) is 12.2 Å². The van der Waals surface area contributed by atoms with Gasteiger partial charge in [-0.3, -0.25) is 0 Å². The van der Waals surface area contributed by atoms with Gasteiger partial charge >= 0.3 is 6.18 Å². The third-order valence-corrected chi connectivity index (χ3v) is 4.64. The molecule has 0 unspecified atom stereocenters. The van der Waals surface area contributed by atoms with Crippen molar-refractivity contribution in [3.8, 4) is 11.5 Å². The van der Waals surface area contributed by atoms with Gasteiger partial charge in [0.25, 0.3) is 0 Å². The highest BCUT2D eigenvalue weighted by molar-refractivity contribution is 6.31. The molecule has 4 rings (SSSR count). The highest BCUT2D eigenvalue weighted by atomic mass is 35.5. The van der Waals surface area contributed by atoms with Crippen molar-refractivity contribution in [2.45, 2.75) is 12.7 Å². The first kappa shape index (κ1) is 19.9. The van der Waals surface area contributed by atoms with Crippen LogP contribution in [0.1, 0.15) is 11.1 Å². The van der Waals surface area contributed by atoms with Crippen molar-refractivity contribution in [2.75, 3.05) is 23.2 Å². The molecule has 0 radical (unpaired) electrons. The summed E-state index contributed by atoms with van der Waals surface area (Å²) in [6, 6.07) is 8.95. The van der Waals surface area contributed by atoms with E-state index in [2.05, 4.69) is 20.6 Å². The van der Waals surface area contributed by atoms with Gasteiger partial charge in [0.05, 0.1) is 10.6 Å². The molecule has 2 heterocycles. The molecule has 0 amide bonds. The van der Waals surface area contributed by atoms with Crippen molar-refractivity contribution in [3.05, 3.63) is 58.9 Å². The van der Waals surface area contributed by atoms with E-state index in [1.165, 1.54) is 12.4 Å². The lowest BCUT2D eigenvalue weighted by Crippen LogP contribution is -2.09. The lowest BCUT2D eigenvalue weighted by Gasteiger charge is -2.14. The number of ether oxygens (including phenoxy) is 2. The van der Waals surface area contributed by atoms with E-state index in [0.29, 0.717) is 23.9 Å². The van der Waals surface area contributed by atoms with Crippen LogP contribution in [0, 0.1) is 0 Å². The Labute approximate surface area is 174 Å². The molecular weight excluding hydrogens is 423 g/mol. The van der Waals surface area contributed by atoms with E-state index in [1.54, 1.807) is 6.07 Å². The number of hydrogen-bond donors (Lipinski definition) is 3. The lowest BCUT2D eigenvalue weighted by atomic mass is 10.2. The number of rotatable bonds is 5. The van der Waals surface area contributed by atoms with Gasteiger partial charge in [0.2, 0.25) is 6.79 Å². The largest absolute Gasteiger partial charge is 0.454 e. The van der Waals surface area contributed by atoms with Crippen molar-refractivity contribution in [1.29, 1.82) is 0 Å². The molecule has 11 heteroatoms. The van der Waals surface area contributed by atoms with Crippen LogP contribution in [-0.4, -0.2) is 16.8 Å². The van der Waals surface area contributed by atoms with Crippen molar-refractivity contribution in [2.24, 2.45) is 0 Å². The predicted octanol–water partition coefficient (Wildman–Crippen LogP) is 4.82. The van der Waals surface area contributed by atoms with Crippen LogP contribution in [0.2, 0.25) is 5.02 Å². The van der Waals surface area contributed by atoms with Crippen molar-refractivity contribution < 1.29 is 22.6 Å². The standard InChI is InChI=1S/C19H15ClF3N5O2/c20-13-3-2-11(6-12(13)19(21,22)23)28-18-16(24)17(26-8-27-18)25-7-10-1-4-14-15(5-10)30-9-29-14/h1-6,8H,7,9,24H2,(H2,25,26,27,28). The molecule has 1 aliphatic rings. The van der Waals surface area contributed by atoms with E-state index >= 15 is 0 Å². The molecule has 2 aromatic carbocycles. The second-order valence-corrected chi connectivity index (χ2v) is 6.75. The predicted molar refractivity (Wildman–Crippen MR) is 106 cm³/mol. The summed E-state index contributed by atoms with van der Waals surface area (Å²) in [5.41, 5.74) is 6.34. The number of alkyl halides is 3. The molecule has 0 saturated heterocycles. The SMILES string of the molecule is Nc1c(NCc2ccc3c(c2)OCO3)ncnc1Nc1ccc(Cl)c(C(F)(F)F)c1. The number of benzene rings is 2. The van der Waals surface area contributed by atoms with Gasteiger partial charge in [-0.05, 0) is 35.9 Å². The first-order valence-corrected chi connectivity index (χ1v) is 9.05. The van der Waals surface area contributed by atoms with E-state index < -0.39 is 16.8 Å². The first-order chi connectivity index (χ1) is 14.3. The summed E-state index contributed by atoms with van der Waals surface area (Å²) in [6.07, 6.45) is -3.33. The summed E-state index contributed by atoms with van der Waals surface area (Å²) in [5, 5.41) is 5.46. The van der Waals surface area contributed by atoms with E-state index in [9.17, 15) is 13.2 Å². The zero-order valence-electron chi connectivity index (χ0n) is 15.3. The fourth-order valence-corrected chi connectivity index (χ4v) is 3.05. The number of aromatic nitrogens is 2. The van der Waals surface area contributed by atoms with Crippen molar-refractivity contribution in [1.82, 2.24) is 9.97 Å². The number of nitrogens with two attached hydrogens (primary N) is 1. The molecule has 3 aromatic rings. The number of hydrogen-bond acceptors (Lipinski definition) is 7. The van der Waals surface area contributed by atoms with E-state index in [0.717, 1.165) is 17.7 Å². The van der Waals surface area contributed by atoms with Crippen molar-refractivity contribution in [3.63, 3.8) is 0 Å². The maximum atomic E-state index is 13.1. The van der Waals surface area contributed by atoms with Crippen LogP contribution in [-0.2, 0) is 12.7 Å². The Kier molecular flexibility index (Phi) is 5.17. The Bertz CT molecular complexity index is 1090. The molecule has 30 heavy (non-hydrogen) atoms. The smallest absolute Gasteiger partial charge is 0.417 e. The molecule has 0 fully saturated rings. The molecule has 1 aliphatic heterocycles. The Balaban J connectivity index is 1.51. The quantitative estimate of drug-likeness (QED) is 0.527. The Morgan fingerprint density at radius 3 is 2.60 bits per heavy atom. The van der Waals surface area contributed by atoms with Crippen LogP contribution in [0.15, 0.2) is 42.7 Å². The minimum absolute atomic E-state index is 0.138. The molecule has 4 N–H and O–H groups in total. The van der Waals surface area contributed by atoms with Gasteiger partial charge in [-0.1, -0.05) is 17.7 Å². The van der Waals surface area contributed by atoms with Crippen LogP contribution in [0.5, 0.6) is 11.5 Å². The Morgan fingerprint density at radius 1 is 1.03 bits per heavy atom. The maximum Gasteiger partial charge on any atom is 0.417 e. The van der Waals surface area contributed by atoms with Gasteiger partial charge in [-0.15, -0.1) is 0 Å². The third-order valence-electron chi connectivity index (χ3n) is 4.32. The van der Waals surface area contributed by atoms with Crippen LogP contribution in [0.4, 0.5) is 36.2 Å². The summed E-state index contributed by atoms with van der Waals surface area (Å²) in [6.45, 7) is 0.567. The summed E-state index contributed by atoms with van der Waals surface area (Å²) in [5.74, 6) is 1.81. The number of halogens is 4. The molecular formula is C19H15ClF3N5O2. The van der Waals surface area contributed by atoms with Crippen LogP contribution >= 0.6 is 11.6 Å². The van der Waals surface area contributed by atoms with Gasteiger partial charge in [0.1, 0.15) is 12.0 Å². The van der Waals surface area contributed by atoms with E-state index in [1.807, 2.05) is 12.1 Å². The van der Waals surface area contributed by atoms with E-state index in [-0.39, 0.29) is 24.0 Å². The summed E-state index contributed by atoms with van der Waals surface area (Å²) < 4.78 is 49.8. The van der Waals surface area contributed by atoms with Crippen LogP contribution in [0.25, 0.3) is 0 Å². The zero-order valence-corrected chi connectivity index (χ0v) is 16.0. The summed E-state index contributed by atoms with van der Waals surface area (Å²) in [7, 11) is 0.